The number of hydrogen-bond acceptors (Lipinski definition) is 4. The van der Waals surface area contributed by atoms with Gasteiger partial charge in [0.2, 0.25) is 0 Å². The third-order valence-corrected chi connectivity index (χ3v) is 4.52. The number of nitrogens with zero attached hydrogens (tertiary/aromatic N) is 1. The van der Waals surface area contributed by atoms with Gasteiger partial charge in [0.05, 0.1) is 16.1 Å². The highest BCUT2D eigenvalue weighted by atomic mass is 79.9. The van der Waals surface area contributed by atoms with Crippen molar-refractivity contribution in [3.8, 4) is 0 Å². The first-order valence-electron chi connectivity index (χ1n) is 4.64. The molecule has 2 aromatic heterocycles. The summed E-state index contributed by atoms with van der Waals surface area (Å²) >= 11 is 14.2. The summed E-state index contributed by atoms with van der Waals surface area (Å²) in [5.41, 5.74) is 3.58. The second-order valence-corrected chi connectivity index (χ2v) is 6.78. The summed E-state index contributed by atoms with van der Waals surface area (Å²) in [5, 5.41) is 0. The van der Waals surface area contributed by atoms with Crippen molar-refractivity contribution >= 4 is 54.8 Å². The van der Waals surface area contributed by atoms with Crippen LogP contribution >= 0.6 is 54.8 Å². The quantitative estimate of drug-likeness (QED) is 0.611. The summed E-state index contributed by atoms with van der Waals surface area (Å²) < 4.78 is 2.53. The second kappa shape index (κ2) is 5.77. The van der Waals surface area contributed by atoms with Crippen molar-refractivity contribution in [3.05, 3.63) is 48.2 Å². The molecule has 3 N–H and O–H groups in total. The van der Waals surface area contributed by atoms with Crippen molar-refractivity contribution in [1.82, 2.24) is 10.4 Å². The average Bonchev–Trinajstić information content (AvgIpc) is 2.69. The van der Waals surface area contributed by atoms with Gasteiger partial charge in [-0.2, -0.15) is 0 Å². The maximum absolute atomic E-state index is 5.92. The van der Waals surface area contributed by atoms with Gasteiger partial charge in [-0.3, -0.25) is 10.8 Å². The van der Waals surface area contributed by atoms with E-state index in [1.54, 1.807) is 6.20 Å². The number of thiophene rings is 1. The summed E-state index contributed by atoms with van der Waals surface area (Å²) in [6.45, 7) is 0. The van der Waals surface area contributed by atoms with E-state index in [2.05, 4.69) is 42.3 Å². The molecule has 0 saturated carbocycles. The molecule has 0 spiro atoms. The number of hydrazine groups is 1. The number of hydrogen-bond donors (Lipinski definition) is 2. The standard InChI is InChI=1S/C10H8Br2ClN3S/c11-5-3-6(12)9(15-4-5)10(16-14)7-1-2-8(13)17-7/h1-4,10,16H,14H2. The Bertz CT molecular complexity index is 532. The Balaban J connectivity index is 2.42. The zero-order valence-electron chi connectivity index (χ0n) is 8.45. The topological polar surface area (TPSA) is 50.9 Å². The van der Waals surface area contributed by atoms with Crippen molar-refractivity contribution in [2.45, 2.75) is 6.04 Å². The van der Waals surface area contributed by atoms with E-state index < -0.39 is 0 Å². The van der Waals surface area contributed by atoms with Crippen molar-refractivity contribution in [3.63, 3.8) is 0 Å². The molecule has 0 aliphatic heterocycles. The molecule has 3 nitrogen and oxygen atoms in total. The Morgan fingerprint density at radius 2 is 2.18 bits per heavy atom. The van der Waals surface area contributed by atoms with Crippen LogP contribution in [-0.2, 0) is 0 Å². The van der Waals surface area contributed by atoms with Crippen molar-refractivity contribution < 1.29 is 0 Å². The molecule has 0 aromatic carbocycles. The van der Waals surface area contributed by atoms with Crippen LogP contribution in [0.15, 0.2) is 33.3 Å². The highest BCUT2D eigenvalue weighted by molar-refractivity contribution is 9.11. The molecular weight excluding hydrogens is 389 g/mol. The van der Waals surface area contributed by atoms with Gasteiger partial charge in [-0.1, -0.05) is 11.6 Å². The van der Waals surface area contributed by atoms with E-state index >= 15 is 0 Å². The predicted molar refractivity (Wildman–Crippen MR) is 78.1 cm³/mol. The number of nitrogens with two attached hydrogens (primary N) is 1. The fraction of sp³-hybridized carbons (Fsp3) is 0.100. The molecule has 0 amide bonds. The zero-order valence-corrected chi connectivity index (χ0v) is 13.2. The predicted octanol–water partition coefficient (Wildman–Crippen LogP) is 3.87. The fourth-order valence-electron chi connectivity index (χ4n) is 1.42. The Hall–Kier alpha value is 0.0200. The molecule has 7 heteroatoms. The molecule has 2 aromatic rings. The van der Waals surface area contributed by atoms with Gasteiger partial charge in [-0.15, -0.1) is 11.3 Å². The van der Waals surface area contributed by atoms with Gasteiger partial charge in [-0.25, -0.2) is 5.43 Å². The minimum atomic E-state index is -0.171. The Morgan fingerprint density at radius 3 is 2.71 bits per heavy atom. The molecule has 17 heavy (non-hydrogen) atoms. The summed E-state index contributed by atoms with van der Waals surface area (Å²) in [6, 6.07) is 5.55. The van der Waals surface area contributed by atoms with Crippen LogP contribution in [-0.4, -0.2) is 4.98 Å². The van der Waals surface area contributed by atoms with E-state index in [9.17, 15) is 0 Å². The van der Waals surface area contributed by atoms with Gasteiger partial charge >= 0.3 is 0 Å². The summed E-state index contributed by atoms with van der Waals surface area (Å²) in [6.07, 6.45) is 1.74. The smallest absolute Gasteiger partial charge is 0.0985 e. The second-order valence-electron chi connectivity index (χ2n) is 3.26. The third kappa shape index (κ3) is 3.07. The van der Waals surface area contributed by atoms with Gasteiger partial charge in [0.15, 0.2) is 0 Å². The van der Waals surface area contributed by atoms with Crippen molar-refractivity contribution in [2.75, 3.05) is 0 Å². The molecule has 2 heterocycles. The Kier molecular flexibility index (Phi) is 4.57. The number of aromatic nitrogens is 1. The van der Waals surface area contributed by atoms with Gasteiger partial charge in [0.1, 0.15) is 0 Å². The van der Waals surface area contributed by atoms with Crippen LogP contribution in [0.5, 0.6) is 0 Å². The molecule has 0 radical (unpaired) electrons. The molecule has 0 fully saturated rings. The molecule has 1 unspecified atom stereocenters. The lowest BCUT2D eigenvalue weighted by Gasteiger charge is -2.15. The molecule has 0 bridgehead atoms. The van der Waals surface area contributed by atoms with E-state index in [1.165, 1.54) is 11.3 Å². The summed E-state index contributed by atoms with van der Waals surface area (Å²) in [5.74, 6) is 5.59. The number of rotatable bonds is 3. The first kappa shape index (κ1) is 13.5. The van der Waals surface area contributed by atoms with Crippen LogP contribution in [0.25, 0.3) is 0 Å². The van der Waals surface area contributed by atoms with Gasteiger partial charge in [-0.05, 0) is 50.1 Å². The lowest BCUT2D eigenvalue weighted by Crippen LogP contribution is -2.29. The first-order chi connectivity index (χ1) is 8.11. The van der Waals surface area contributed by atoms with E-state index in [1.807, 2.05) is 18.2 Å². The monoisotopic (exact) mass is 395 g/mol. The van der Waals surface area contributed by atoms with Crippen LogP contribution < -0.4 is 11.3 Å². The summed E-state index contributed by atoms with van der Waals surface area (Å²) in [4.78, 5) is 5.38. The van der Waals surface area contributed by atoms with E-state index in [0.29, 0.717) is 0 Å². The summed E-state index contributed by atoms with van der Waals surface area (Å²) in [7, 11) is 0. The van der Waals surface area contributed by atoms with Crippen LogP contribution in [0.4, 0.5) is 0 Å². The maximum atomic E-state index is 5.92. The number of nitrogens with one attached hydrogen (secondary N) is 1. The first-order valence-corrected chi connectivity index (χ1v) is 7.42. The molecule has 0 saturated heterocycles. The molecule has 0 aliphatic carbocycles. The molecule has 90 valence electrons. The minimum Gasteiger partial charge on any atom is -0.270 e. The SMILES string of the molecule is NNC(c1ccc(Cl)s1)c1ncc(Br)cc1Br. The largest absolute Gasteiger partial charge is 0.270 e. The third-order valence-electron chi connectivity index (χ3n) is 2.15. The van der Waals surface area contributed by atoms with E-state index in [0.717, 1.165) is 23.9 Å². The van der Waals surface area contributed by atoms with E-state index in [-0.39, 0.29) is 6.04 Å². The number of halogens is 3. The molecular formula is C10H8Br2ClN3S. The van der Waals surface area contributed by atoms with Crippen molar-refractivity contribution in [1.29, 1.82) is 0 Å². The Morgan fingerprint density at radius 1 is 1.41 bits per heavy atom. The minimum absolute atomic E-state index is 0.171. The van der Waals surface area contributed by atoms with Gasteiger partial charge in [0, 0.05) is 20.0 Å². The van der Waals surface area contributed by atoms with Gasteiger partial charge in [0.25, 0.3) is 0 Å². The fourth-order valence-corrected chi connectivity index (χ4v) is 3.76. The average molecular weight is 398 g/mol. The molecule has 1 atom stereocenters. The van der Waals surface area contributed by atoms with E-state index in [4.69, 9.17) is 17.4 Å². The van der Waals surface area contributed by atoms with Crippen LogP contribution in [0.3, 0.4) is 0 Å². The zero-order chi connectivity index (χ0) is 12.4. The van der Waals surface area contributed by atoms with Crippen molar-refractivity contribution in [2.24, 2.45) is 5.84 Å². The normalized spacial score (nSPS) is 12.7. The lowest BCUT2D eigenvalue weighted by atomic mass is 10.1. The van der Waals surface area contributed by atoms with Crippen LogP contribution in [0.1, 0.15) is 16.6 Å². The van der Waals surface area contributed by atoms with Crippen LogP contribution in [0.2, 0.25) is 4.34 Å². The number of pyridine rings is 1. The maximum Gasteiger partial charge on any atom is 0.0985 e. The highest BCUT2D eigenvalue weighted by Crippen LogP contribution is 2.33. The molecule has 2 rings (SSSR count). The lowest BCUT2D eigenvalue weighted by molar-refractivity contribution is 0.627. The Labute approximate surface area is 125 Å². The van der Waals surface area contributed by atoms with Crippen LogP contribution in [0, 0.1) is 0 Å². The molecule has 0 aliphatic rings. The highest BCUT2D eigenvalue weighted by Gasteiger charge is 2.18. The van der Waals surface area contributed by atoms with Gasteiger partial charge < -0.3 is 0 Å².